The molecule has 1 heterocycles. The third kappa shape index (κ3) is 0.940. The fourth-order valence-electron chi connectivity index (χ4n) is 1.23. The first kappa shape index (κ1) is 7.43. The summed E-state index contributed by atoms with van der Waals surface area (Å²) in [7, 11) is 0. The Bertz CT molecular complexity index is 433. The smallest absolute Gasteiger partial charge is 0.117 e. The van der Waals surface area contributed by atoms with Gasteiger partial charge in [0.25, 0.3) is 0 Å². The van der Waals surface area contributed by atoms with Crippen LogP contribution in [0.25, 0.3) is 10.1 Å². The van der Waals surface area contributed by atoms with Crippen molar-refractivity contribution in [3.05, 3.63) is 23.1 Å². The number of benzene rings is 1. The summed E-state index contributed by atoms with van der Waals surface area (Å²) >= 11 is 1.61. The molecule has 0 radical (unpaired) electrons. The maximum absolute atomic E-state index is 9.20. The van der Waals surface area contributed by atoms with Gasteiger partial charge in [-0.2, -0.15) is 0 Å². The maximum Gasteiger partial charge on any atom is 0.117 e. The second kappa shape index (κ2) is 2.38. The number of aromatic hydroxyl groups is 1. The molecule has 62 valence electrons. The fourth-order valence-corrected chi connectivity index (χ4v) is 2.24. The lowest BCUT2D eigenvalue weighted by molar-refractivity contribution is 0.476. The molecule has 0 fully saturated rings. The van der Waals surface area contributed by atoms with Crippen molar-refractivity contribution in [3.8, 4) is 5.75 Å². The van der Waals surface area contributed by atoms with Gasteiger partial charge in [-0.25, -0.2) is 0 Å². The van der Waals surface area contributed by atoms with Gasteiger partial charge in [0.15, 0.2) is 0 Å². The summed E-state index contributed by atoms with van der Waals surface area (Å²) in [6, 6.07) is 5.25. The Morgan fingerprint density at radius 1 is 1.42 bits per heavy atom. The Labute approximate surface area is 74.3 Å². The van der Waals surface area contributed by atoms with Crippen LogP contribution in [0.3, 0.4) is 0 Å². The highest BCUT2D eigenvalue weighted by Crippen LogP contribution is 2.34. The molecule has 0 atom stereocenters. The molecule has 2 aromatic rings. The molecule has 3 N–H and O–H groups in total. The second-order valence-corrected chi connectivity index (χ2v) is 4.01. The van der Waals surface area contributed by atoms with Crippen LogP contribution in [0.4, 0.5) is 5.69 Å². The van der Waals surface area contributed by atoms with Gasteiger partial charge in [-0.1, -0.05) is 0 Å². The molecule has 2 rings (SSSR count). The average molecular weight is 179 g/mol. The lowest BCUT2D eigenvalue weighted by Crippen LogP contribution is -1.82. The number of fused-ring (bicyclic) bond motifs is 1. The van der Waals surface area contributed by atoms with Crippen LogP contribution in [0.5, 0.6) is 5.75 Å². The summed E-state index contributed by atoms with van der Waals surface area (Å²) in [5.41, 5.74) is 6.65. The van der Waals surface area contributed by atoms with Crippen LogP contribution in [0.15, 0.2) is 18.2 Å². The SMILES string of the molecule is Cc1sc2cc(O)ccc2c1N. The minimum absolute atomic E-state index is 0.295. The predicted octanol–water partition coefficient (Wildman–Crippen LogP) is 2.50. The zero-order valence-electron chi connectivity index (χ0n) is 6.66. The molecule has 0 aliphatic rings. The number of anilines is 1. The zero-order valence-corrected chi connectivity index (χ0v) is 7.48. The standard InChI is InChI=1S/C9H9NOS/c1-5-9(10)7-3-2-6(11)4-8(7)12-5/h2-4,11H,10H2,1H3. The van der Waals surface area contributed by atoms with Gasteiger partial charge in [0.05, 0.1) is 5.69 Å². The van der Waals surface area contributed by atoms with E-state index in [9.17, 15) is 5.11 Å². The molecule has 1 aromatic carbocycles. The van der Waals surface area contributed by atoms with Crippen molar-refractivity contribution in [2.45, 2.75) is 6.92 Å². The van der Waals surface area contributed by atoms with Gasteiger partial charge in [-0.3, -0.25) is 0 Å². The highest BCUT2D eigenvalue weighted by molar-refractivity contribution is 7.19. The molecular formula is C9H9NOS. The second-order valence-electron chi connectivity index (χ2n) is 2.75. The van der Waals surface area contributed by atoms with Gasteiger partial charge < -0.3 is 10.8 Å². The van der Waals surface area contributed by atoms with Gasteiger partial charge in [0, 0.05) is 15.0 Å². The number of hydrogen-bond donors (Lipinski definition) is 2. The first-order chi connectivity index (χ1) is 5.68. The Morgan fingerprint density at radius 3 is 2.92 bits per heavy atom. The first-order valence-electron chi connectivity index (χ1n) is 3.66. The van der Waals surface area contributed by atoms with Crippen molar-refractivity contribution < 1.29 is 5.11 Å². The molecule has 0 bridgehead atoms. The van der Waals surface area contributed by atoms with E-state index in [1.165, 1.54) is 0 Å². The van der Waals surface area contributed by atoms with E-state index in [0.717, 1.165) is 20.7 Å². The van der Waals surface area contributed by atoms with E-state index in [-0.39, 0.29) is 0 Å². The zero-order chi connectivity index (χ0) is 8.72. The fraction of sp³-hybridized carbons (Fsp3) is 0.111. The van der Waals surface area contributed by atoms with Gasteiger partial charge in [-0.15, -0.1) is 11.3 Å². The maximum atomic E-state index is 9.20. The minimum atomic E-state index is 0.295. The Morgan fingerprint density at radius 2 is 2.17 bits per heavy atom. The predicted molar refractivity (Wildman–Crippen MR) is 52.6 cm³/mol. The summed E-state index contributed by atoms with van der Waals surface area (Å²) in [6.07, 6.45) is 0. The molecule has 0 saturated heterocycles. The van der Waals surface area contributed by atoms with E-state index >= 15 is 0 Å². The third-order valence-electron chi connectivity index (χ3n) is 1.90. The normalized spacial score (nSPS) is 10.8. The number of aryl methyl sites for hydroxylation is 1. The van der Waals surface area contributed by atoms with Crippen LogP contribution in [0.2, 0.25) is 0 Å². The van der Waals surface area contributed by atoms with E-state index in [1.54, 1.807) is 23.5 Å². The largest absolute Gasteiger partial charge is 0.508 e. The van der Waals surface area contributed by atoms with E-state index in [0.29, 0.717) is 5.75 Å². The van der Waals surface area contributed by atoms with Crippen molar-refractivity contribution in [1.29, 1.82) is 0 Å². The summed E-state index contributed by atoms with van der Waals surface area (Å²) in [4.78, 5) is 1.11. The van der Waals surface area contributed by atoms with Crippen molar-refractivity contribution in [1.82, 2.24) is 0 Å². The third-order valence-corrected chi connectivity index (χ3v) is 2.98. The number of nitrogen functional groups attached to an aromatic ring is 1. The summed E-state index contributed by atoms with van der Waals surface area (Å²) in [5, 5.41) is 10.2. The molecule has 0 amide bonds. The van der Waals surface area contributed by atoms with Crippen LogP contribution in [0.1, 0.15) is 4.88 Å². The van der Waals surface area contributed by atoms with E-state index < -0.39 is 0 Å². The molecule has 0 aliphatic heterocycles. The van der Waals surface area contributed by atoms with Crippen LogP contribution >= 0.6 is 11.3 Å². The molecule has 0 aliphatic carbocycles. The number of hydrogen-bond acceptors (Lipinski definition) is 3. The Kier molecular flexibility index (Phi) is 1.48. The molecule has 3 heteroatoms. The monoisotopic (exact) mass is 179 g/mol. The van der Waals surface area contributed by atoms with Crippen molar-refractivity contribution in [2.24, 2.45) is 0 Å². The summed E-state index contributed by atoms with van der Waals surface area (Å²) in [5.74, 6) is 0.295. The van der Waals surface area contributed by atoms with E-state index in [4.69, 9.17) is 5.73 Å². The van der Waals surface area contributed by atoms with E-state index in [2.05, 4.69) is 0 Å². The van der Waals surface area contributed by atoms with Crippen LogP contribution in [-0.4, -0.2) is 5.11 Å². The topological polar surface area (TPSA) is 46.2 Å². The highest BCUT2D eigenvalue weighted by atomic mass is 32.1. The number of phenols is 1. The summed E-state index contributed by atoms with van der Waals surface area (Å²) in [6.45, 7) is 1.98. The van der Waals surface area contributed by atoms with Gasteiger partial charge in [0.2, 0.25) is 0 Å². The first-order valence-corrected chi connectivity index (χ1v) is 4.48. The van der Waals surface area contributed by atoms with Crippen molar-refractivity contribution in [3.63, 3.8) is 0 Å². The van der Waals surface area contributed by atoms with Gasteiger partial charge >= 0.3 is 0 Å². The quantitative estimate of drug-likeness (QED) is 0.652. The van der Waals surface area contributed by atoms with Crippen LogP contribution in [0, 0.1) is 6.92 Å². The molecule has 0 saturated carbocycles. The lowest BCUT2D eigenvalue weighted by atomic mass is 10.2. The molecule has 0 spiro atoms. The Balaban J connectivity index is 2.87. The highest BCUT2D eigenvalue weighted by Gasteiger charge is 2.04. The van der Waals surface area contributed by atoms with Crippen LogP contribution < -0.4 is 5.73 Å². The van der Waals surface area contributed by atoms with E-state index in [1.807, 2.05) is 13.0 Å². The van der Waals surface area contributed by atoms with Gasteiger partial charge in [-0.05, 0) is 25.1 Å². The van der Waals surface area contributed by atoms with Crippen molar-refractivity contribution >= 4 is 27.1 Å². The minimum Gasteiger partial charge on any atom is -0.508 e. The molecule has 1 aromatic heterocycles. The Hall–Kier alpha value is -1.22. The van der Waals surface area contributed by atoms with Gasteiger partial charge in [0.1, 0.15) is 5.75 Å². The molecule has 2 nitrogen and oxygen atoms in total. The number of thiophene rings is 1. The number of phenolic OH excluding ortho intramolecular Hbond substituents is 1. The van der Waals surface area contributed by atoms with Crippen molar-refractivity contribution in [2.75, 3.05) is 5.73 Å². The molecule has 0 unspecified atom stereocenters. The molecule has 12 heavy (non-hydrogen) atoms. The number of nitrogens with two attached hydrogens (primary N) is 1. The molecular weight excluding hydrogens is 170 g/mol. The number of rotatable bonds is 0. The lowest BCUT2D eigenvalue weighted by Gasteiger charge is -1.92. The summed E-state index contributed by atoms with van der Waals surface area (Å²) < 4.78 is 1.05. The van der Waals surface area contributed by atoms with Crippen LogP contribution in [-0.2, 0) is 0 Å². The average Bonchev–Trinajstić information content (AvgIpc) is 2.28.